The molecule has 0 radical (unpaired) electrons. The summed E-state index contributed by atoms with van der Waals surface area (Å²) in [5, 5.41) is 46.8. The molecule has 0 aromatic heterocycles. The third-order valence-electron chi connectivity index (χ3n) is 12.5. The highest BCUT2D eigenvalue weighted by molar-refractivity contribution is 5.73. The number of likely N-dealkylation sites (N-methyl/N-ethyl adjacent to an activating group) is 1. The first-order chi connectivity index (χ1) is 24.5. The Balaban J connectivity index is 1.84. The van der Waals surface area contributed by atoms with Crippen LogP contribution in [0.4, 0.5) is 4.79 Å². The predicted octanol–water partition coefficient (Wildman–Crippen LogP) is 2.76. The van der Waals surface area contributed by atoms with Crippen LogP contribution in [0.3, 0.4) is 0 Å². The maximum absolute atomic E-state index is 14.3. The third-order valence-corrected chi connectivity index (χ3v) is 12.5. The Morgan fingerprint density at radius 1 is 0.887 bits per heavy atom. The molecule has 4 aliphatic heterocycles. The van der Waals surface area contributed by atoms with Crippen LogP contribution in [0, 0.1) is 23.7 Å². The molecule has 15 nitrogen and oxygen atoms in total. The summed E-state index contributed by atoms with van der Waals surface area (Å²) in [5.74, 6) is -3.78. The van der Waals surface area contributed by atoms with Crippen molar-refractivity contribution in [3.05, 3.63) is 0 Å². The molecule has 53 heavy (non-hydrogen) atoms. The number of aliphatic hydroxyl groups is 4. The number of methoxy groups -OCH3 is 1. The Morgan fingerprint density at radius 2 is 1.53 bits per heavy atom. The van der Waals surface area contributed by atoms with Gasteiger partial charge in [0.1, 0.15) is 18.3 Å². The van der Waals surface area contributed by atoms with Gasteiger partial charge in [-0.3, -0.25) is 4.79 Å². The van der Waals surface area contributed by atoms with Gasteiger partial charge in [0.2, 0.25) is 0 Å². The Bertz CT molecular complexity index is 1250. The second-order valence-corrected chi connectivity index (χ2v) is 17.1. The Morgan fingerprint density at radius 3 is 2.11 bits per heavy atom. The summed E-state index contributed by atoms with van der Waals surface area (Å²) in [5.41, 5.74) is -4.20. The zero-order valence-electron chi connectivity index (χ0n) is 33.9. The van der Waals surface area contributed by atoms with E-state index in [4.69, 9.17) is 37.9 Å². The second-order valence-electron chi connectivity index (χ2n) is 17.1. The van der Waals surface area contributed by atoms with E-state index in [2.05, 4.69) is 0 Å². The van der Waals surface area contributed by atoms with Crippen molar-refractivity contribution in [1.82, 2.24) is 4.90 Å². The van der Waals surface area contributed by atoms with Crippen molar-refractivity contribution in [1.29, 1.82) is 0 Å². The van der Waals surface area contributed by atoms with Gasteiger partial charge in [-0.25, -0.2) is 4.79 Å². The van der Waals surface area contributed by atoms with Crippen molar-refractivity contribution in [2.24, 2.45) is 23.7 Å². The van der Waals surface area contributed by atoms with Gasteiger partial charge in [0.15, 0.2) is 24.3 Å². The molecule has 19 atom stereocenters. The number of carbonyl (C=O) groups excluding carboxylic acids is 2. The molecule has 4 fully saturated rings. The molecule has 0 bridgehead atoms. The molecule has 0 unspecified atom stereocenters. The number of nitrogens with zero attached hydrogens (tertiary/aromatic N) is 1. The predicted molar refractivity (Wildman–Crippen MR) is 190 cm³/mol. The molecule has 15 heteroatoms. The van der Waals surface area contributed by atoms with E-state index in [1.54, 1.807) is 62.3 Å². The number of hydrogen-bond donors (Lipinski definition) is 4. The molecule has 4 N–H and O–H groups in total. The number of fused-ring (bicyclic) bond motifs is 1. The fourth-order valence-corrected chi connectivity index (χ4v) is 9.21. The molecular weight excluding hydrogens is 694 g/mol. The van der Waals surface area contributed by atoms with E-state index in [1.165, 1.54) is 7.11 Å². The quantitative estimate of drug-likeness (QED) is 0.277. The molecule has 0 aliphatic carbocycles. The highest BCUT2D eigenvalue weighted by Crippen LogP contribution is 2.44. The van der Waals surface area contributed by atoms with Gasteiger partial charge in [-0.2, -0.15) is 0 Å². The van der Waals surface area contributed by atoms with Gasteiger partial charge < -0.3 is 63.2 Å². The maximum atomic E-state index is 14.3. The summed E-state index contributed by atoms with van der Waals surface area (Å²) in [6, 6.07) is -0.308. The van der Waals surface area contributed by atoms with Crippen LogP contribution in [0.1, 0.15) is 94.9 Å². The molecule has 4 heterocycles. The van der Waals surface area contributed by atoms with Gasteiger partial charge in [0.25, 0.3) is 0 Å². The van der Waals surface area contributed by atoms with Crippen LogP contribution in [0.15, 0.2) is 0 Å². The van der Waals surface area contributed by atoms with E-state index in [1.807, 2.05) is 25.9 Å². The van der Waals surface area contributed by atoms with Crippen LogP contribution in [0.2, 0.25) is 0 Å². The first-order valence-corrected chi connectivity index (χ1v) is 19.2. The number of hydrogen-bond acceptors (Lipinski definition) is 15. The van der Waals surface area contributed by atoms with Crippen LogP contribution in [-0.4, -0.2) is 149 Å². The van der Waals surface area contributed by atoms with Crippen molar-refractivity contribution < 1.29 is 67.9 Å². The fraction of sp³-hybridized carbons (Fsp3) is 0.947. The number of ether oxygens (including phenoxy) is 8. The summed E-state index contributed by atoms with van der Waals surface area (Å²) >= 11 is 0. The largest absolute Gasteiger partial charge is 0.509 e. The average Bonchev–Trinajstić information content (AvgIpc) is 3.40. The smallest absolute Gasteiger partial charge is 0.458 e. The lowest BCUT2D eigenvalue weighted by molar-refractivity contribution is -0.318. The molecule has 308 valence electrons. The zero-order chi connectivity index (χ0) is 40.0. The number of rotatable bonds is 7. The molecule has 4 saturated heterocycles. The van der Waals surface area contributed by atoms with Gasteiger partial charge in [-0.1, -0.05) is 27.7 Å². The van der Waals surface area contributed by atoms with E-state index in [0.717, 1.165) is 0 Å². The first-order valence-electron chi connectivity index (χ1n) is 19.2. The standard InChI is InChI=1S/C38H67NO14/c1-14-25-38(10)32(52-35(44)53-38)20(4)27(40)18(2)16-36(8,45)31(51-34-28(41)24(39(11)12)15-19(3)47-34)21(5)29(22(6)33(43)49-25)50-26-17-37(9,46-13)30(42)23(7)48-26/h18-32,34,40-42,45H,14-17H2,1-13H3/t18-,19-,20+,21+,22-,23+,24+,25-,26+,27+,28-,29+,30+,31-,32-,34+,36-,37-,38-/m1/s1. The van der Waals surface area contributed by atoms with Gasteiger partial charge >= 0.3 is 12.1 Å². The molecule has 0 amide bonds. The molecule has 0 aromatic carbocycles. The Hall–Kier alpha value is -1.66. The number of esters is 1. The van der Waals surface area contributed by atoms with Crippen molar-refractivity contribution in [2.75, 3.05) is 21.2 Å². The van der Waals surface area contributed by atoms with E-state index in [9.17, 15) is 30.0 Å². The van der Waals surface area contributed by atoms with Crippen LogP contribution in [0.5, 0.6) is 0 Å². The van der Waals surface area contributed by atoms with Gasteiger partial charge in [-0.05, 0) is 80.8 Å². The minimum absolute atomic E-state index is 0.00508. The fourth-order valence-electron chi connectivity index (χ4n) is 9.21. The summed E-state index contributed by atoms with van der Waals surface area (Å²) in [7, 11) is 5.22. The van der Waals surface area contributed by atoms with Crippen molar-refractivity contribution in [3.63, 3.8) is 0 Å². The van der Waals surface area contributed by atoms with E-state index in [-0.39, 0.29) is 31.4 Å². The number of aliphatic hydroxyl groups excluding tert-OH is 3. The van der Waals surface area contributed by atoms with Crippen LogP contribution < -0.4 is 0 Å². The monoisotopic (exact) mass is 761 g/mol. The van der Waals surface area contributed by atoms with Crippen LogP contribution in [-0.2, 0) is 42.7 Å². The topological polar surface area (TPSA) is 192 Å². The third kappa shape index (κ3) is 9.00. The van der Waals surface area contributed by atoms with E-state index < -0.39 is 114 Å². The lowest BCUT2D eigenvalue weighted by Gasteiger charge is -2.49. The maximum Gasteiger partial charge on any atom is 0.509 e. The van der Waals surface area contributed by atoms with Crippen molar-refractivity contribution >= 4 is 12.1 Å². The minimum atomic E-state index is -1.72. The lowest BCUT2D eigenvalue weighted by atomic mass is 9.73. The minimum Gasteiger partial charge on any atom is -0.458 e. The first kappa shape index (κ1) is 44.1. The number of carbonyl (C=O) groups is 2. The molecule has 4 rings (SSSR count). The second kappa shape index (κ2) is 16.8. The van der Waals surface area contributed by atoms with Crippen molar-refractivity contribution in [2.45, 2.75) is 185 Å². The summed E-state index contributed by atoms with van der Waals surface area (Å²) in [4.78, 5) is 28.9. The Labute approximate surface area is 314 Å². The van der Waals surface area contributed by atoms with Gasteiger partial charge in [0, 0.05) is 31.4 Å². The SMILES string of the molecule is CC[C@H]1OC(=O)[C@H](C)[C@@H](O[C@H]2C[C@@](C)(OC)[C@@H](O)[C@H](C)O2)[C@H](C)[C@@H](O[C@@H]2O[C@H](C)C[C@H](N(C)C)[C@H]2O)[C@](C)(O)C[C@@H](C)[C@H](O)[C@H](C)[C@H]2OC(=O)O[C@@]21C. The van der Waals surface area contributed by atoms with Gasteiger partial charge in [0.05, 0.1) is 47.6 Å². The van der Waals surface area contributed by atoms with Gasteiger partial charge in [-0.15, -0.1) is 0 Å². The molecule has 0 spiro atoms. The van der Waals surface area contributed by atoms with Crippen LogP contribution in [0.25, 0.3) is 0 Å². The lowest BCUT2D eigenvalue weighted by Crippen LogP contribution is -2.61. The van der Waals surface area contributed by atoms with E-state index in [0.29, 0.717) is 6.42 Å². The molecule has 4 aliphatic rings. The van der Waals surface area contributed by atoms with E-state index >= 15 is 0 Å². The normalized spacial score (nSPS) is 50.5. The van der Waals surface area contributed by atoms with Crippen molar-refractivity contribution in [3.8, 4) is 0 Å². The number of cyclic esters (lactones) is 1. The van der Waals surface area contributed by atoms with Crippen LogP contribution >= 0.6 is 0 Å². The highest BCUT2D eigenvalue weighted by Gasteiger charge is 2.59. The zero-order valence-corrected chi connectivity index (χ0v) is 33.9. The summed E-state index contributed by atoms with van der Waals surface area (Å²) in [6.45, 7) is 17.3. The molecular formula is C38H67NO14. The highest BCUT2D eigenvalue weighted by atomic mass is 16.8. The summed E-state index contributed by atoms with van der Waals surface area (Å²) in [6.07, 6.45) is -10.4. The Kier molecular flexibility index (Phi) is 14.0. The summed E-state index contributed by atoms with van der Waals surface area (Å²) < 4.78 is 49.0. The average molecular weight is 762 g/mol. The molecule has 0 saturated carbocycles. The molecule has 0 aromatic rings.